The maximum atomic E-state index is 6.15. The summed E-state index contributed by atoms with van der Waals surface area (Å²) in [6.07, 6.45) is 2.28. The van der Waals surface area contributed by atoms with Gasteiger partial charge in [0.15, 0.2) is 5.96 Å². The van der Waals surface area contributed by atoms with Crippen LogP contribution in [0.3, 0.4) is 0 Å². The van der Waals surface area contributed by atoms with Crippen LogP contribution in [0.5, 0.6) is 17.2 Å². The molecule has 2 unspecified atom stereocenters. The monoisotopic (exact) mass is 569 g/mol. The van der Waals surface area contributed by atoms with E-state index in [9.17, 15) is 0 Å². The van der Waals surface area contributed by atoms with Crippen molar-refractivity contribution in [3.8, 4) is 17.2 Å². The minimum Gasteiger partial charge on any atom is -0.496 e. The van der Waals surface area contributed by atoms with E-state index in [1.165, 1.54) is 11.1 Å². The van der Waals surface area contributed by atoms with E-state index in [0.717, 1.165) is 37.5 Å². The van der Waals surface area contributed by atoms with Gasteiger partial charge in [0.2, 0.25) is 0 Å². The Morgan fingerprint density at radius 1 is 1.03 bits per heavy atom. The molecule has 3 rings (SSSR count). The van der Waals surface area contributed by atoms with E-state index in [4.69, 9.17) is 18.9 Å². The molecule has 1 fully saturated rings. The Morgan fingerprint density at radius 2 is 1.70 bits per heavy atom. The van der Waals surface area contributed by atoms with Crippen LogP contribution in [0.15, 0.2) is 41.4 Å². The lowest BCUT2D eigenvalue weighted by molar-refractivity contribution is -0.0265. The Hall–Kier alpha value is -2.20. The molecule has 1 heterocycles. The summed E-state index contributed by atoms with van der Waals surface area (Å²) in [6, 6.07) is 12.3. The Balaban J connectivity index is 0.00000385. The van der Waals surface area contributed by atoms with Crippen LogP contribution in [0.2, 0.25) is 0 Å². The molecule has 2 atom stereocenters. The van der Waals surface area contributed by atoms with E-state index >= 15 is 0 Å². The Bertz CT molecular complexity index is 880. The largest absolute Gasteiger partial charge is 0.496 e. The molecule has 1 saturated heterocycles. The first-order chi connectivity index (χ1) is 15.6. The number of aliphatic imine (C=N–C) groups is 1. The van der Waals surface area contributed by atoms with Crippen LogP contribution >= 0.6 is 24.0 Å². The summed E-state index contributed by atoms with van der Waals surface area (Å²) < 4.78 is 22.6. The number of guanidine groups is 1. The summed E-state index contributed by atoms with van der Waals surface area (Å²) >= 11 is 0. The standard InChI is InChI=1S/C25H35N3O4.HI/c1-17-8-10-18(11-9-17)24-19(7-6-12-32-24)15-27-25(26-2)28-16-21-22(30-4)13-20(29-3)14-23(21)31-5;/h8-11,13-14,19,24H,6-7,12,15-16H2,1-5H3,(H2,26,27,28);1H. The number of methoxy groups -OCH3 is 3. The number of rotatable bonds is 8. The molecule has 1 aliphatic heterocycles. The van der Waals surface area contributed by atoms with Crippen molar-refractivity contribution in [3.05, 3.63) is 53.1 Å². The molecular formula is C25H36IN3O4. The number of hydrogen-bond acceptors (Lipinski definition) is 5. The topological polar surface area (TPSA) is 73.3 Å². The Kier molecular flexibility index (Phi) is 11.1. The smallest absolute Gasteiger partial charge is 0.191 e. The number of aryl methyl sites for hydroxylation is 1. The molecular weight excluding hydrogens is 533 g/mol. The highest BCUT2D eigenvalue weighted by molar-refractivity contribution is 14.0. The first-order valence-electron chi connectivity index (χ1n) is 11.0. The summed E-state index contributed by atoms with van der Waals surface area (Å²) in [6.45, 7) is 4.18. The molecule has 0 saturated carbocycles. The summed E-state index contributed by atoms with van der Waals surface area (Å²) in [4.78, 5) is 4.39. The van der Waals surface area contributed by atoms with Crippen LogP contribution in [-0.4, -0.2) is 47.5 Å². The molecule has 2 aromatic carbocycles. The molecule has 33 heavy (non-hydrogen) atoms. The van der Waals surface area contributed by atoms with Crippen LogP contribution in [0, 0.1) is 12.8 Å². The first kappa shape index (κ1) is 27.0. The summed E-state index contributed by atoms with van der Waals surface area (Å²) in [5.41, 5.74) is 3.39. The third-order valence-corrected chi connectivity index (χ3v) is 5.86. The molecule has 0 aliphatic carbocycles. The molecule has 0 spiro atoms. The maximum Gasteiger partial charge on any atom is 0.191 e. The van der Waals surface area contributed by atoms with Gasteiger partial charge in [0, 0.05) is 38.2 Å². The summed E-state index contributed by atoms with van der Waals surface area (Å²) in [5, 5.41) is 6.84. The number of ether oxygens (including phenoxy) is 4. The number of nitrogens with one attached hydrogen (secondary N) is 2. The van der Waals surface area contributed by atoms with Crippen molar-refractivity contribution in [3.63, 3.8) is 0 Å². The van der Waals surface area contributed by atoms with Crippen molar-refractivity contribution in [2.75, 3.05) is 41.5 Å². The van der Waals surface area contributed by atoms with Crippen molar-refractivity contribution in [2.45, 2.75) is 32.4 Å². The second kappa shape index (κ2) is 13.5. The SMILES string of the molecule is CN=C(NCc1c(OC)cc(OC)cc1OC)NCC1CCCOC1c1ccc(C)cc1.I. The van der Waals surface area contributed by atoms with E-state index in [-0.39, 0.29) is 30.1 Å². The van der Waals surface area contributed by atoms with Crippen LogP contribution in [0.1, 0.15) is 35.6 Å². The average molecular weight is 569 g/mol. The Labute approximate surface area is 214 Å². The molecule has 182 valence electrons. The van der Waals surface area contributed by atoms with Gasteiger partial charge in [0.25, 0.3) is 0 Å². The lowest BCUT2D eigenvalue weighted by Crippen LogP contribution is -2.41. The lowest BCUT2D eigenvalue weighted by Gasteiger charge is -2.32. The number of benzene rings is 2. The van der Waals surface area contributed by atoms with Crippen molar-refractivity contribution in [1.29, 1.82) is 0 Å². The molecule has 1 aliphatic rings. The highest BCUT2D eigenvalue weighted by Gasteiger charge is 2.27. The van der Waals surface area contributed by atoms with Gasteiger partial charge < -0.3 is 29.6 Å². The molecule has 0 aromatic heterocycles. The zero-order valence-corrected chi connectivity index (χ0v) is 22.5. The number of halogens is 1. The third-order valence-electron chi connectivity index (χ3n) is 5.86. The molecule has 0 amide bonds. The molecule has 0 bridgehead atoms. The summed E-state index contributed by atoms with van der Waals surface area (Å²) in [7, 11) is 6.67. The van der Waals surface area contributed by atoms with E-state index in [1.54, 1.807) is 28.4 Å². The van der Waals surface area contributed by atoms with Crippen molar-refractivity contribution in [1.82, 2.24) is 10.6 Å². The minimum absolute atomic E-state index is 0. The van der Waals surface area contributed by atoms with Crippen LogP contribution < -0.4 is 24.8 Å². The van der Waals surface area contributed by atoms with Crippen molar-refractivity contribution >= 4 is 29.9 Å². The summed E-state index contributed by atoms with van der Waals surface area (Å²) in [5.74, 6) is 3.17. The third kappa shape index (κ3) is 7.14. The van der Waals surface area contributed by atoms with Gasteiger partial charge in [0.05, 0.1) is 39.5 Å². The van der Waals surface area contributed by atoms with Gasteiger partial charge in [-0.25, -0.2) is 0 Å². The highest BCUT2D eigenvalue weighted by Crippen LogP contribution is 2.34. The molecule has 2 aromatic rings. The van der Waals surface area contributed by atoms with Gasteiger partial charge in [-0.05, 0) is 25.3 Å². The highest BCUT2D eigenvalue weighted by atomic mass is 127. The van der Waals surface area contributed by atoms with E-state index in [0.29, 0.717) is 29.7 Å². The fourth-order valence-electron chi connectivity index (χ4n) is 4.05. The normalized spacial score (nSPS) is 18.2. The van der Waals surface area contributed by atoms with E-state index in [2.05, 4.69) is 46.8 Å². The number of nitrogens with zero attached hydrogens (tertiary/aromatic N) is 1. The maximum absolute atomic E-state index is 6.15. The van der Waals surface area contributed by atoms with Crippen molar-refractivity contribution < 1.29 is 18.9 Å². The van der Waals surface area contributed by atoms with Gasteiger partial charge in [-0.1, -0.05) is 29.8 Å². The van der Waals surface area contributed by atoms with Crippen LogP contribution in [0.25, 0.3) is 0 Å². The second-order valence-electron chi connectivity index (χ2n) is 7.92. The van der Waals surface area contributed by atoms with E-state index < -0.39 is 0 Å². The Morgan fingerprint density at radius 3 is 2.27 bits per heavy atom. The average Bonchev–Trinajstić information content (AvgIpc) is 2.84. The lowest BCUT2D eigenvalue weighted by atomic mass is 9.89. The molecule has 0 radical (unpaired) electrons. The van der Waals surface area contributed by atoms with E-state index in [1.807, 2.05) is 12.1 Å². The molecule has 7 nitrogen and oxygen atoms in total. The zero-order valence-electron chi connectivity index (χ0n) is 20.1. The van der Waals surface area contributed by atoms with Gasteiger partial charge in [0.1, 0.15) is 17.2 Å². The van der Waals surface area contributed by atoms with Gasteiger partial charge in [-0.3, -0.25) is 4.99 Å². The van der Waals surface area contributed by atoms with Gasteiger partial charge in [-0.15, -0.1) is 24.0 Å². The fraction of sp³-hybridized carbons (Fsp3) is 0.480. The predicted octanol–water partition coefficient (Wildman–Crippen LogP) is 4.47. The van der Waals surface area contributed by atoms with Crippen LogP contribution in [-0.2, 0) is 11.3 Å². The second-order valence-corrected chi connectivity index (χ2v) is 7.92. The minimum atomic E-state index is 0. The number of hydrogen-bond donors (Lipinski definition) is 2. The van der Waals surface area contributed by atoms with Gasteiger partial charge in [-0.2, -0.15) is 0 Å². The molecule has 8 heteroatoms. The quantitative estimate of drug-likeness (QED) is 0.278. The van der Waals surface area contributed by atoms with Gasteiger partial charge >= 0.3 is 0 Å². The van der Waals surface area contributed by atoms with Crippen LogP contribution in [0.4, 0.5) is 0 Å². The zero-order chi connectivity index (χ0) is 22.9. The fourth-order valence-corrected chi connectivity index (χ4v) is 4.05. The first-order valence-corrected chi connectivity index (χ1v) is 11.0. The molecule has 2 N–H and O–H groups in total. The predicted molar refractivity (Wildman–Crippen MR) is 142 cm³/mol. The van der Waals surface area contributed by atoms with Crippen molar-refractivity contribution in [2.24, 2.45) is 10.9 Å².